The van der Waals surface area contributed by atoms with Crippen LogP contribution in [-0.2, 0) is 24.1 Å². The Kier molecular flexibility index (Phi) is 5.92. The first-order valence-electron chi connectivity index (χ1n) is 7.75. The molecule has 0 aromatic heterocycles. The zero-order valence-corrected chi connectivity index (χ0v) is 15.0. The van der Waals surface area contributed by atoms with Gasteiger partial charge in [0, 0.05) is 12.1 Å². The SMILES string of the molecule is Cc1cc(O)cc(O)c1C(=O)OOC(=O)C(=O)OC(=O)c1c(C)cc(O)cc1O. The van der Waals surface area contributed by atoms with Crippen LogP contribution in [0, 0.1) is 13.8 Å². The average Bonchev–Trinajstić information content (AvgIpc) is 2.57. The monoisotopic (exact) mass is 406 g/mol. The van der Waals surface area contributed by atoms with E-state index < -0.39 is 46.5 Å². The highest BCUT2D eigenvalue weighted by Crippen LogP contribution is 2.28. The largest absolute Gasteiger partial charge is 0.508 e. The number of benzene rings is 2. The molecule has 29 heavy (non-hydrogen) atoms. The minimum absolute atomic E-state index is 0.0541. The van der Waals surface area contributed by atoms with E-state index in [0.29, 0.717) is 0 Å². The molecule has 2 aromatic rings. The van der Waals surface area contributed by atoms with E-state index in [1.54, 1.807) is 0 Å². The van der Waals surface area contributed by atoms with Gasteiger partial charge in [-0.05, 0) is 37.1 Å². The molecule has 2 rings (SSSR count). The number of ether oxygens (including phenoxy) is 1. The van der Waals surface area contributed by atoms with Crippen molar-refractivity contribution in [3.63, 3.8) is 0 Å². The van der Waals surface area contributed by atoms with Crippen molar-refractivity contribution in [3.05, 3.63) is 46.5 Å². The van der Waals surface area contributed by atoms with E-state index in [9.17, 15) is 39.6 Å². The Morgan fingerprint density at radius 3 is 1.55 bits per heavy atom. The van der Waals surface area contributed by atoms with Crippen LogP contribution in [0.25, 0.3) is 0 Å². The van der Waals surface area contributed by atoms with Crippen LogP contribution in [-0.4, -0.2) is 44.3 Å². The number of phenols is 4. The van der Waals surface area contributed by atoms with Gasteiger partial charge in [-0.3, -0.25) is 0 Å². The van der Waals surface area contributed by atoms with E-state index in [2.05, 4.69) is 14.5 Å². The number of carbonyl (C=O) groups excluding carboxylic acids is 4. The molecule has 0 aliphatic heterocycles. The fourth-order valence-electron chi connectivity index (χ4n) is 2.36. The number of rotatable bonds is 2. The summed E-state index contributed by atoms with van der Waals surface area (Å²) in [6.07, 6.45) is 0. The van der Waals surface area contributed by atoms with Gasteiger partial charge in [0.1, 0.15) is 34.1 Å². The lowest BCUT2D eigenvalue weighted by Gasteiger charge is -2.09. The van der Waals surface area contributed by atoms with E-state index in [1.807, 2.05) is 0 Å². The smallest absolute Gasteiger partial charge is 0.463 e. The van der Waals surface area contributed by atoms with Gasteiger partial charge in [-0.2, -0.15) is 0 Å². The Labute approximate surface area is 162 Å². The van der Waals surface area contributed by atoms with Crippen LogP contribution in [0.15, 0.2) is 24.3 Å². The molecule has 0 fully saturated rings. The van der Waals surface area contributed by atoms with Crippen LogP contribution < -0.4 is 0 Å². The van der Waals surface area contributed by atoms with Crippen molar-refractivity contribution in [2.24, 2.45) is 0 Å². The number of carbonyl (C=O) groups is 4. The molecule has 0 atom stereocenters. The molecular formula is C18H14O11. The third-order valence-corrected chi connectivity index (χ3v) is 3.55. The summed E-state index contributed by atoms with van der Waals surface area (Å²) in [6, 6.07) is 3.89. The lowest BCUT2D eigenvalue weighted by Crippen LogP contribution is -2.25. The molecule has 0 radical (unpaired) electrons. The maximum atomic E-state index is 11.9. The zero-order chi connectivity index (χ0) is 21.9. The van der Waals surface area contributed by atoms with Gasteiger partial charge < -0.3 is 25.2 Å². The van der Waals surface area contributed by atoms with Crippen LogP contribution in [0.2, 0.25) is 0 Å². The fourth-order valence-corrected chi connectivity index (χ4v) is 2.36. The summed E-state index contributed by atoms with van der Waals surface area (Å²) < 4.78 is 4.23. The van der Waals surface area contributed by atoms with Crippen LogP contribution in [0.3, 0.4) is 0 Å². The molecule has 2 aromatic carbocycles. The summed E-state index contributed by atoms with van der Waals surface area (Å²) in [7, 11) is 0. The molecule has 0 unspecified atom stereocenters. The van der Waals surface area contributed by atoms with Crippen molar-refractivity contribution < 1.29 is 54.1 Å². The third-order valence-electron chi connectivity index (χ3n) is 3.55. The molecule has 4 N–H and O–H groups in total. The maximum Gasteiger partial charge on any atom is 0.463 e. The number of hydrogen-bond donors (Lipinski definition) is 4. The van der Waals surface area contributed by atoms with Crippen molar-refractivity contribution in [2.75, 3.05) is 0 Å². The summed E-state index contributed by atoms with van der Waals surface area (Å²) in [5.41, 5.74) is -0.784. The standard InChI is InChI=1S/C18H14O11/c1-7-3-9(19)5-11(21)13(7)15(23)27-17(25)18(26)29-28-16(24)14-8(2)4-10(20)6-12(14)22/h3-6,19-22H,1-2H3. The molecule has 0 heterocycles. The first kappa shape index (κ1) is 21.0. The number of hydrogen-bond acceptors (Lipinski definition) is 11. The molecule has 0 amide bonds. The second-order valence-corrected chi connectivity index (χ2v) is 5.73. The van der Waals surface area contributed by atoms with Crippen molar-refractivity contribution in [2.45, 2.75) is 13.8 Å². The molecule has 0 aliphatic carbocycles. The first-order chi connectivity index (χ1) is 13.5. The van der Waals surface area contributed by atoms with E-state index in [4.69, 9.17) is 0 Å². The Hall–Kier alpha value is -4.28. The fraction of sp³-hybridized carbons (Fsp3) is 0.111. The summed E-state index contributed by atoms with van der Waals surface area (Å²) in [5, 5.41) is 37.9. The predicted octanol–water partition coefficient (Wildman–Crippen LogP) is 1.12. The normalized spacial score (nSPS) is 10.1. The predicted molar refractivity (Wildman–Crippen MR) is 90.9 cm³/mol. The Morgan fingerprint density at radius 2 is 1.10 bits per heavy atom. The van der Waals surface area contributed by atoms with Gasteiger partial charge in [0.2, 0.25) is 0 Å². The van der Waals surface area contributed by atoms with E-state index in [0.717, 1.165) is 24.3 Å². The molecule has 0 bridgehead atoms. The second kappa shape index (κ2) is 8.17. The molecule has 0 spiro atoms. The first-order valence-corrected chi connectivity index (χ1v) is 7.75. The molecule has 11 heteroatoms. The van der Waals surface area contributed by atoms with Crippen molar-refractivity contribution >= 4 is 23.9 Å². The Bertz CT molecular complexity index is 976. The summed E-state index contributed by atoms with van der Waals surface area (Å²) in [4.78, 5) is 55.1. The van der Waals surface area contributed by atoms with Gasteiger partial charge in [0.05, 0.1) is 0 Å². The van der Waals surface area contributed by atoms with Crippen molar-refractivity contribution in [1.29, 1.82) is 0 Å². The Balaban J connectivity index is 2.02. The minimum Gasteiger partial charge on any atom is -0.508 e. The van der Waals surface area contributed by atoms with Crippen molar-refractivity contribution in [3.8, 4) is 23.0 Å². The number of aryl methyl sites for hydroxylation is 2. The molecule has 0 saturated heterocycles. The highest BCUT2D eigenvalue weighted by molar-refractivity contribution is 6.32. The maximum absolute atomic E-state index is 11.9. The second-order valence-electron chi connectivity index (χ2n) is 5.73. The van der Waals surface area contributed by atoms with Gasteiger partial charge in [0.25, 0.3) is 0 Å². The molecule has 0 saturated carbocycles. The van der Waals surface area contributed by atoms with Crippen LogP contribution in [0.4, 0.5) is 0 Å². The Morgan fingerprint density at radius 1 is 0.655 bits per heavy atom. The topological polar surface area (TPSA) is 177 Å². The molecule has 11 nitrogen and oxygen atoms in total. The van der Waals surface area contributed by atoms with Crippen LogP contribution in [0.5, 0.6) is 23.0 Å². The lowest BCUT2D eigenvalue weighted by atomic mass is 10.1. The quantitative estimate of drug-likeness (QED) is 0.185. The molecule has 0 aliphatic rings. The molecular weight excluding hydrogens is 392 g/mol. The summed E-state index contributed by atoms with van der Waals surface area (Å²) in [6.45, 7) is 2.67. The number of phenolic OH excluding ortho intramolecular Hbond substituents is 4. The van der Waals surface area contributed by atoms with Gasteiger partial charge >= 0.3 is 23.9 Å². The van der Waals surface area contributed by atoms with Gasteiger partial charge in [-0.1, -0.05) is 0 Å². The highest BCUT2D eigenvalue weighted by Gasteiger charge is 2.28. The van der Waals surface area contributed by atoms with E-state index >= 15 is 0 Å². The van der Waals surface area contributed by atoms with Gasteiger partial charge in [0.15, 0.2) is 0 Å². The van der Waals surface area contributed by atoms with Crippen LogP contribution >= 0.6 is 0 Å². The highest BCUT2D eigenvalue weighted by atomic mass is 17.2. The number of aromatic hydroxyl groups is 4. The average molecular weight is 406 g/mol. The van der Waals surface area contributed by atoms with Gasteiger partial charge in [-0.25, -0.2) is 29.0 Å². The lowest BCUT2D eigenvalue weighted by molar-refractivity contribution is -0.235. The summed E-state index contributed by atoms with van der Waals surface area (Å²) in [5.74, 6) is -8.55. The van der Waals surface area contributed by atoms with E-state index in [1.165, 1.54) is 13.8 Å². The van der Waals surface area contributed by atoms with E-state index in [-0.39, 0.29) is 22.6 Å². The number of esters is 2. The van der Waals surface area contributed by atoms with Gasteiger partial charge in [-0.15, -0.1) is 0 Å². The third kappa shape index (κ3) is 4.71. The minimum atomic E-state index is -1.88. The molecule has 152 valence electrons. The zero-order valence-electron chi connectivity index (χ0n) is 15.0. The summed E-state index contributed by atoms with van der Waals surface area (Å²) >= 11 is 0. The van der Waals surface area contributed by atoms with Crippen molar-refractivity contribution in [1.82, 2.24) is 0 Å². The van der Waals surface area contributed by atoms with Crippen LogP contribution in [0.1, 0.15) is 31.8 Å².